The summed E-state index contributed by atoms with van der Waals surface area (Å²) in [4.78, 5) is 11.7. The van der Waals surface area contributed by atoms with Crippen molar-refractivity contribution in [3.63, 3.8) is 0 Å². The van der Waals surface area contributed by atoms with Gasteiger partial charge in [-0.3, -0.25) is 4.79 Å². The Bertz CT molecular complexity index is 246. The lowest BCUT2D eigenvalue weighted by atomic mass is 9.70. The Morgan fingerprint density at radius 2 is 2.23 bits per heavy atom. The average Bonchev–Trinajstić information content (AvgIpc) is 2.03. The zero-order valence-electron chi connectivity index (χ0n) is 8.71. The van der Waals surface area contributed by atoms with Crippen LogP contribution < -0.4 is 0 Å². The molecule has 0 spiro atoms. The molecule has 0 aromatic heterocycles. The molecule has 0 radical (unpaired) electrons. The summed E-state index contributed by atoms with van der Waals surface area (Å²) in [5, 5.41) is 0. The molecule has 1 aliphatic rings. The van der Waals surface area contributed by atoms with Crippen LogP contribution in [0.2, 0.25) is 0 Å². The van der Waals surface area contributed by atoms with Gasteiger partial charge in [-0.1, -0.05) is 32.1 Å². The number of rotatable bonds is 2. The third kappa shape index (κ3) is 2.30. The van der Waals surface area contributed by atoms with Gasteiger partial charge in [0.1, 0.15) is 0 Å². The van der Waals surface area contributed by atoms with Gasteiger partial charge in [0.05, 0.1) is 0 Å². The molecule has 0 fully saturated rings. The van der Waals surface area contributed by atoms with Crippen LogP contribution in [0, 0.1) is 11.3 Å². The molecule has 1 heteroatoms. The predicted octanol–water partition coefficient (Wildman–Crippen LogP) is 3.12. The summed E-state index contributed by atoms with van der Waals surface area (Å²) in [5.41, 5.74) is 0.130. The molecule has 1 atom stereocenters. The number of allylic oxidation sites excluding steroid dienone is 4. The molecule has 1 unspecified atom stereocenters. The molecule has 0 aromatic carbocycles. The van der Waals surface area contributed by atoms with Gasteiger partial charge in [0.25, 0.3) is 0 Å². The van der Waals surface area contributed by atoms with Crippen molar-refractivity contribution in [3.8, 4) is 0 Å². The molecule has 0 bridgehead atoms. The minimum Gasteiger partial charge on any atom is -0.294 e. The fraction of sp³-hybridized carbons (Fsp3) is 0.583. The van der Waals surface area contributed by atoms with Crippen LogP contribution in [-0.2, 0) is 4.79 Å². The number of carbonyl (C=O) groups is 1. The first-order chi connectivity index (χ1) is 6.08. The van der Waals surface area contributed by atoms with Gasteiger partial charge in [-0.2, -0.15) is 0 Å². The highest BCUT2D eigenvalue weighted by molar-refractivity contribution is 5.93. The highest BCUT2D eigenvalue weighted by Crippen LogP contribution is 2.37. The Hall–Kier alpha value is -0.850. The summed E-state index contributed by atoms with van der Waals surface area (Å²) in [6.07, 6.45) is 9.90. The normalized spacial score (nSPS) is 26.5. The zero-order chi connectivity index (χ0) is 9.90. The van der Waals surface area contributed by atoms with Crippen molar-refractivity contribution in [2.45, 2.75) is 33.6 Å². The van der Waals surface area contributed by atoms with Crippen LogP contribution >= 0.6 is 0 Å². The summed E-state index contributed by atoms with van der Waals surface area (Å²) in [6.45, 7) is 6.22. The van der Waals surface area contributed by atoms with Crippen LogP contribution in [-0.4, -0.2) is 5.78 Å². The maximum Gasteiger partial charge on any atom is 0.162 e. The quantitative estimate of drug-likeness (QED) is 0.469. The summed E-state index contributed by atoms with van der Waals surface area (Å²) in [6, 6.07) is 0. The minimum atomic E-state index is 0.0810. The van der Waals surface area contributed by atoms with Crippen molar-refractivity contribution < 1.29 is 4.79 Å². The van der Waals surface area contributed by atoms with E-state index in [0.29, 0.717) is 0 Å². The Morgan fingerprint density at radius 1 is 1.54 bits per heavy atom. The Labute approximate surface area is 80.5 Å². The first-order valence-corrected chi connectivity index (χ1v) is 4.91. The van der Waals surface area contributed by atoms with E-state index in [-0.39, 0.29) is 17.1 Å². The van der Waals surface area contributed by atoms with Crippen molar-refractivity contribution in [1.29, 1.82) is 0 Å². The first kappa shape index (κ1) is 10.2. The number of ketones is 1. The molecule has 0 aliphatic heterocycles. The van der Waals surface area contributed by atoms with Gasteiger partial charge < -0.3 is 0 Å². The third-order valence-electron chi connectivity index (χ3n) is 2.76. The Balaban J connectivity index is 2.82. The molecule has 0 saturated carbocycles. The second-order valence-electron chi connectivity index (χ2n) is 4.34. The number of hydrogen-bond acceptors (Lipinski definition) is 1. The topological polar surface area (TPSA) is 17.1 Å². The van der Waals surface area contributed by atoms with E-state index in [4.69, 9.17) is 0 Å². The monoisotopic (exact) mass is 178 g/mol. The van der Waals surface area contributed by atoms with E-state index in [2.05, 4.69) is 26.0 Å². The predicted molar refractivity (Wildman–Crippen MR) is 55.5 cm³/mol. The van der Waals surface area contributed by atoms with E-state index in [1.54, 1.807) is 6.08 Å². The second kappa shape index (κ2) is 3.91. The fourth-order valence-corrected chi connectivity index (χ4v) is 1.85. The van der Waals surface area contributed by atoms with E-state index >= 15 is 0 Å². The zero-order valence-corrected chi connectivity index (χ0v) is 8.71. The van der Waals surface area contributed by atoms with Crippen LogP contribution in [0.25, 0.3) is 0 Å². The van der Waals surface area contributed by atoms with Crippen molar-refractivity contribution >= 4 is 5.78 Å². The first-order valence-electron chi connectivity index (χ1n) is 4.91. The molecule has 0 heterocycles. The van der Waals surface area contributed by atoms with E-state index in [1.807, 2.05) is 13.0 Å². The second-order valence-corrected chi connectivity index (χ2v) is 4.34. The highest BCUT2D eigenvalue weighted by atomic mass is 16.1. The van der Waals surface area contributed by atoms with Crippen molar-refractivity contribution in [3.05, 3.63) is 24.3 Å². The minimum absolute atomic E-state index is 0.0810. The van der Waals surface area contributed by atoms with Crippen LogP contribution in [0.1, 0.15) is 33.6 Å². The van der Waals surface area contributed by atoms with E-state index in [0.717, 1.165) is 12.8 Å². The maximum atomic E-state index is 11.7. The molecule has 0 N–H and O–H groups in total. The summed E-state index contributed by atoms with van der Waals surface area (Å²) in [5.74, 6) is 0.320. The lowest BCUT2D eigenvalue weighted by Crippen LogP contribution is -2.30. The van der Waals surface area contributed by atoms with Gasteiger partial charge in [0, 0.05) is 5.92 Å². The lowest BCUT2D eigenvalue weighted by molar-refractivity contribution is -0.120. The molecule has 1 nitrogen and oxygen atoms in total. The Morgan fingerprint density at radius 3 is 2.77 bits per heavy atom. The fourth-order valence-electron chi connectivity index (χ4n) is 1.85. The van der Waals surface area contributed by atoms with Crippen LogP contribution in [0.3, 0.4) is 0 Å². The molecule has 0 amide bonds. The maximum absolute atomic E-state index is 11.7. The molecule has 0 saturated heterocycles. The Kier molecular flexibility index (Phi) is 3.07. The smallest absolute Gasteiger partial charge is 0.162 e. The van der Waals surface area contributed by atoms with E-state index < -0.39 is 0 Å². The molecule has 13 heavy (non-hydrogen) atoms. The van der Waals surface area contributed by atoms with Gasteiger partial charge in [-0.15, -0.1) is 0 Å². The molecule has 72 valence electrons. The molecule has 1 aliphatic carbocycles. The molecule has 0 aromatic rings. The summed E-state index contributed by atoms with van der Waals surface area (Å²) in [7, 11) is 0. The average molecular weight is 178 g/mol. The highest BCUT2D eigenvalue weighted by Gasteiger charge is 2.32. The van der Waals surface area contributed by atoms with Gasteiger partial charge in [-0.05, 0) is 31.3 Å². The van der Waals surface area contributed by atoms with E-state index in [1.165, 1.54) is 0 Å². The molecule has 1 rings (SSSR count). The largest absolute Gasteiger partial charge is 0.294 e. The van der Waals surface area contributed by atoms with Crippen LogP contribution in [0.5, 0.6) is 0 Å². The molecular formula is C12H18O. The van der Waals surface area contributed by atoms with Gasteiger partial charge in [-0.25, -0.2) is 0 Å². The standard InChI is InChI=1S/C12H18O/c1-4-7-11(13)10-8-5-6-9-12(10,2)3/h4-5,7-8,10H,6,9H2,1-3H3. The SMILES string of the molecule is CC=CC(=O)C1C=CCCC1(C)C. The van der Waals surface area contributed by atoms with Crippen molar-refractivity contribution in [2.24, 2.45) is 11.3 Å². The van der Waals surface area contributed by atoms with Gasteiger partial charge >= 0.3 is 0 Å². The van der Waals surface area contributed by atoms with Crippen LogP contribution in [0.4, 0.5) is 0 Å². The number of carbonyl (C=O) groups excluding carboxylic acids is 1. The summed E-state index contributed by atoms with van der Waals surface area (Å²) < 4.78 is 0. The van der Waals surface area contributed by atoms with Crippen LogP contribution in [0.15, 0.2) is 24.3 Å². The number of hydrogen-bond donors (Lipinski definition) is 0. The lowest BCUT2D eigenvalue weighted by Gasteiger charge is -2.33. The van der Waals surface area contributed by atoms with Gasteiger partial charge in [0.15, 0.2) is 5.78 Å². The summed E-state index contributed by atoms with van der Waals surface area (Å²) >= 11 is 0. The van der Waals surface area contributed by atoms with E-state index in [9.17, 15) is 4.79 Å². The third-order valence-corrected chi connectivity index (χ3v) is 2.76. The van der Waals surface area contributed by atoms with Crippen molar-refractivity contribution in [1.82, 2.24) is 0 Å². The van der Waals surface area contributed by atoms with Gasteiger partial charge in [0.2, 0.25) is 0 Å². The van der Waals surface area contributed by atoms with Crippen molar-refractivity contribution in [2.75, 3.05) is 0 Å². The molecular weight excluding hydrogens is 160 g/mol.